The third-order valence-electron chi connectivity index (χ3n) is 3.12. The molecule has 102 valence electrons. The van der Waals surface area contributed by atoms with Crippen LogP contribution in [0.3, 0.4) is 0 Å². The first kappa shape index (κ1) is 13.2. The van der Waals surface area contributed by atoms with Crippen LogP contribution in [0.1, 0.15) is 16.8 Å². The van der Waals surface area contributed by atoms with Gasteiger partial charge in [0.1, 0.15) is 0 Å². The summed E-state index contributed by atoms with van der Waals surface area (Å²) in [6, 6.07) is 5.23. The van der Waals surface area contributed by atoms with Gasteiger partial charge >= 0.3 is 5.97 Å². The van der Waals surface area contributed by atoms with Gasteiger partial charge in [-0.25, -0.2) is 4.79 Å². The van der Waals surface area contributed by atoms with E-state index in [1.54, 1.807) is 12.1 Å². The summed E-state index contributed by atoms with van der Waals surface area (Å²) in [7, 11) is 1.32. The Labute approximate surface area is 111 Å². The molecule has 6 heteroatoms. The van der Waals surface area contributed by atoms with Gasteiger partial charge in [-0.05, 0) is 18.2 Å². The highest BCUT2D eigenvalue weighted by Crippen LogP contribution is 2.22. The summed E-state index contributed by atoms with van der Waals surface area (Å²) in [6.45, 7) is 1.92. The van der Waals surface area contributed by atoms with Gasteiger partial charge in [0.25, 0.3) is 0 Å². The monoisotopic (exact) mass is 263 g/mol. The second-order valence-electron chi connectivity index (χ2n) is 4.35. The van der Waals surface area contributed by atoms with Gasteiger partial charge in [-0.3, -0.25) is 4.79 Å². The first-order valence-electron chi connectivity index (χ1n) is 6.11. The molecule has 19 heavy (non-hydrogen) atoms. The Hall–Kier alpha value is -2.24. The second-order valence-corrected chi connectivity index (χ2v) is 4.35. The molecule has 0 saturated carbocycles. The Balaban J connectivity index is 2.24. The maximum absolute atomic E-state index is 11.6. The zero-order valence-corrected chi connectivity index (χ0v) is 10.8. The van der Waals surface area contributed by atoms with Gasteiger partial charge in [-0.2, -0.15) is 0 Å². The SMILES string of the molecule is COC(=O)c1cc(N2CCNC(=O)CC2)ccc1N. The van der Waals surface area contributed by atoms with Crippen LogP contribution in [0.25, 0.3) is 0 Å². The van der Waals surface area contributed by atoms with Crippen molar-refractivity contribution >= 4 is 23.3 Å². The van der Waals surface area contributed by atoms with E-state index in [2.05, 4.69) is 5.32 Å². The van der Waals surface area contributed by atoms with Crippen LogP contribution in [0.4, 0.5) is 11.4 Å². The summed E-state index contributed by atoms with van der Waals surface area (Å²) in [5.41, 5.74) is 7.37. The quantitative estimate of drug-likeness (QED) is 0.595. The molecule has 0 radical (unpaired) electrons. The number of nitrogens with two attached hydrogens (primary N) is 1. The number of carbonyl (C=O) groups excluding carboxylic acids is 2. The lowest BCUT2D eigenvalue weighted by atomic mass is 10.1. The standard InChI is InChI=1S/C13H17N3O3/c1-19-13(18)10-8-9(2-3-11(10)14)16-6-4-12(17)15-5-7-16/h2-3,8H,4-7,14H2,1H3,(H,15,17). The Morgan fingerprint density at radius 2 is 2.21 bits per heavy atom. The minimum absolute atomic E-state index is 0.0473. The summed E-state index contributed by atoms with van der Waals surface area (Å²) in [6.07, 6.45) is 0.442. The Bertz CT molecular complexity index is 502. The predicted molar refractivity (Wildman–Crippen MR) is 72.0 cm³/mol. The average molecular weight is 263 g/mol. The van der Waals surface area contributed by atoms with E-state index in [1.807, 2.05) is 11.0 Å². The topological polar surface area (TPSA) is 84.7 Å². The van der Waals surface area contributed by atoms with Crippen LogP contribution in [0.15, 0.2) is 18.2 Å². The summed E-state index contributed by atoms with van der Waals surface area (Å²) in [4.78, 5) is 25.0. The van der Waals surface area contributed by atoms with E-state index in [0.29, 0.717) is 37.3 Å². The van der Waals surface area contributed by atoms with Crippen molar-refractivity contribution in [1.82, 2.24) is 5.32 Å². The summed E-state index contributed by atoms with van der Waals surface area (Å²) in [5, 5.41) is 2.81. The van der Waals surface area contributed by atoms with Crippen LogP contribution in [-0.2, 0) is 9.53 Å². The average Bonchev–Trinajstić information content (AvgIpc) is 2.63. The number of nitrogen functional groups attached to an aromatic ring is 1. The fourth-order valence-corrected chi connectivity index (χ4v) is 2.05. The highest BCUT2D eigenvalue weighted by atomic mass is 16.5. The van der Waals surface area contributed by atoms with Crippen LogP contribution < -0.4 is 16.0 Å². The van der Waals surface area contributed by atoms with E-state index in [4.69, 9.17) is 10.5 Å². The van der Waals surface area contributed by atoms with Gasteiger partial charge in [0, 0.05) is 37.4 Å². The van der Waals surface area contributed by atoms with Gasteiger partial charge in [0.15, 0.2) is 0 Å². The number of hydrogen-bond acceptors (Lipinski definition) is 5. The Morgan fingerprint density at radius 1 is 1.42 bits per heavy atom. The maximum Gasteiger partial charge on any atom is 0.340 e. The van der Waals surface area contributed by atoms with E-state index in [9.17, 15) is 9.59 Å². The fraction of sp³-hybridized carbons (Fsp3) is 0.385. The van der Waals surface area contributed by atoms with Gasteiger partial charge < -0.3 is 20.7 Å². The van der Waals surface area contributed by atoms with E-state index < -0.39 is 5.97 Å². The van der Waals surface area contributed by atoms with Crippen LogP contribution in [0.2, 0.25) is 0 Å². The molecule has 0 unspecified atom stereocenters. The largest absolute Gasteiger partial charge is 0.465 e. The molecule has 0 aliphatic carbocycles. The lowest BCUT2D eigenvalue weighted by molar-refractivity contribution is -0.120. The zero-order chi connectivity index (χ0) is 13.8. The minimum Gasteiger partial charge on any atom is -0.465 e. The molecule has 0 bridgehead atoms. The van der Waals surface area contributed by atoms with Crippen molar-refractivity contribution in [3.05, 3.63) is 23.8 Å². The van der Waals surface area contributed by atoms with Gasteiger partial charge in [0.2, 0.25) is 5.91 Å². The molecule has 0 atom stereocenters. The van der Waals surface area contributed by atoms with Crippen molar-refractivity contribution in [1.29, 1.82) is 0 Å². The molecule has 3 N–H and O–H groups in total. The van der Waals surface area contributed by atoms with Crippen LogP contribution in [-0.4, -0.2) is 38.6 Å². The number of ether oxygens (including phenoxy) is 1. The molecule has 6 nitrogen and oxygen atoms in total. The summed E-state index contributed by atoms with van der Waals surface area (Å²) >= 11 is 0. The molecule has 1 aliphatic heterocycles. The number of benzene rings is 1. The van der Waals surface area contributed by atoms with Crippen LogP contribution in [0.5, 0.6) is 0 Å². The number of nitrogens with one attached hydrogen (secondary N) is 1. The molecule has 1 aromatic rings. The zero-order valence-electron chi connectivity index (χ0n) is 10.8. The molecular weight excluding hydrogens is 246 g/mol. The van der Waals surface area contributed by atoms with Crippen LogP contribution in [0, 0.1) is 0 Å². The maximum atomic E-state index is 11.6. The van der Waals surface area contributed by atoms with E-state index in [0.717, 1.165) is 5.69 Å². The molecule has 1 amide bonds. The third-order valence-corrected chi connectivity index (χ3v) is 3.12. The molecule has 2 rings (SSSR count). The first-order chi connectivity index (χ1) is 9.11. The molecule has 1 aromatic carbocycles. The third kappa shape index (κ3) is 2.96. The van der Waals surface area contributed by atoms with Gasteiger partial charge in [0.05, 0.1) is 12.7 Å². The van der Waals surface area contributed by atoms with Crippen molar-refractivity contribution in [2.45, 2.75) is 6.42 Å². The van der Waals surface area contributed by atoms with Crippen molar-refractivity contribution in [3.8, 4) is 0 Å². The van der Waals surface area contributed by atoms with E-state index >= 15 is 0 Å². The van der Waals surface area contributed by atoms with Crippen molar-refractivity contribution < 1.29 is 14.3 Å². The van der Waals surface area contributed by atoms with Crippen LogP contribution >= 0.6 is 0 Å². The molecule has 0 aromatic heterocycles. The Morgan fingerprint density at radius 3 is 2.95 bits per heavy atom. The fourth-order valence-electron chi connectivity index (χ4n) is 2.05. The number of methoxy groups -OCH3 is 1. The predicted octanol–water partition coefficient (Wildman–Crippen LogP) is 0.382. The lowest BCUT2D eigenvalue weighted by Gasteiger charge is -2.22. The highest BCUT2D eigenvalue weighted by Gasteiger charge is 2.17. The van der Waals surface area contributed by atoms with E-state index in [-0.39, 0.29) is 5.91 Å². The van der Waals surface area contributed by atoms with Gasteiger partial charge in [-0.15, -0.1) is 0 Å². The number of rotatable bonds is 2. The number of carbonyl (C=O) groups is 2. The van der Waals surface area contributed by atoms with Crippen molar-refractivity contribution in [2.75, 3.05) is 37.4 Å². The molecule has 1 aliphatic rings. The number of anilines is 2. The summed E-state index contributed by atoms with van der Waals surface area (Å²) < 4.78 is 4.70. The van der Waals surface area contributed by atoms with Crippen molar-refractivity contribution in [3.63, 3.8) is 0 Å². The lowest BCUT2D eigenvalue weighted by Crippen LogP contribution is -2.28. The molecule has 0 spiro atoms. The molecule has 1 saturated heterocycles. The number of esters is 1. The molecule has 1 heterocycles. The number of amides is 1. The van der Waals surface area contributed by atoms with Crippen molar-refractivity contribution in [2.24, 2.45) is 0 Å². The van der Waals surface area contributed by atoms with E-state index in [1.165, 1.54) is 7.11 Å². The molecule has 1 fully saturated rings. The minimum atomic E-state index is -0.455. The second kappa shape index (κ2) is 5.60. The Kier molecular flexibility index (Phi) is 3.89. The normalized spacial score (nSPS) is 15.6. The highest BCUT2D eigenvalue weighted by molar-refractivity contribution is 5.96. The summed E-state index contributed by atoms with van der Waals surface area (Å²) in [5.74, 6) is -0.408. The first-order valence-corrected chi connectivity index (χ1v) is 6.11. The number of nitrogens with zero attached hydrogens (tertiary/aromatic N) is 1. The van der Waals surface area contributed by atoms with Gasteiger partial charge in [-0.1, -0.05) is 0 Å². The number of hydrogen-bond donors (Lipinski definition) is 2. The smallest absolute Gasteiger partial charge is 0.340 e. The molecular formula is C13H17N3O3.